The summed E-state index contributed by atoms with van der Waals surface area (Å²) in [4.78, 5) is 12.5. The molecule has 1 amide bonds. The minimum Gasteiger partial charge on any atom is -0.394 e. The van der Waals surface area contributed by atoms with Gasteiger partial charge in [-0.1, -0.05) is 303 Å². The summed E-state index contributed by atoms with van der Waals surface area (Å²) in [6.45, 7) is 4.21. The molecule has 0 saturated heterocycles. The van der Waals surface area contributed by atoms with Gasteiger partial charge in [0.05, 0.1) is 18.8 Å². The molecule has 5 nitrogen and oxygen atoms in total. The number of amides is 1. The van der Waals surface area contributed by atoms with Gasteiger partial charge >= 0.3 is 0 Å². The zero-order valence-corrected chi connectivity index (χ0v) is 41.1. The predicted octanol–water partition coefficient (Wildman–Crippen LogP) is 16.9. The van der Waals surface area contributed by atoms with Crippen molar-refractivity contribution >= 4 is 5.91 Å². The van der Waals surface area contributed by atoms with Crippen LogP contribution in [0.15, 0.2) is 0 Å². The van der Waals surface area contributed by atoms with Crippen LogP contribution in [0.4, 0.5) is 0 Å². The van der Waals surface area contributed by atoms with Crippen molar-refractivity contribution in [3.63, 3.8) is 0 Å². The van der Waals surface area contributed by atoms with Gasteiger partial charge in [-0.2, -0.15) is 0 Å². The van der Waals surface area contributed by atoms with Crippen LogP contribution >= 0.6 is 0 Å². The van der Waals surface area contributed by atoms with Gasteiger partial charge in [-0.3, -0.25) is 4.79 Å². The molecule has 0 bridgehead atoms. The Hall–Kier alpha value is -0.650. The fourth-order valence-corrected chi connectivity index (χ4v) is 9.17. The maximum Gasteiger partial charge on any atom is 0.220 e. The van der Waals surface area contributed by atoms with Crippen molar-refractivity contribution in [3.8, 4) is 0 Å². The molecule has 5 heteroatoms. The summed E-state index contributed by atoms with van der Waals surface area (Å²) in [6, 6.07) is -0.803. The minimum atomic E-state index is -1.13. The molecule has 0 fully saturated rings. The maximum absolute atomic E-state index is 12.5. The third-order valence-corrected chi connectivity index (χ3v) is 13.5. The minimum absolute atomic E-state index is 0.137. The van der Waals surface area contributed by atoms with E-state index in [1.54, 1.807) is 0 Å². The molecule has 0 spiro atoms. The summed E-state index contributed by atoms with van der Waals surface area (Å²) in [6.07, 6.45) is 61.3. The van der Waals surface area contributed by atoms with Crippen molar-refractivity contribution in [3.05, 3.63) is 0 Å². The molecule has 360 valence electrons. The highest BCUT2D eigenvalue weighted by Gasteiger charge is 2.26. The lowest BCUT2D eigenvalue weighted by Gasteiger charge is -2.26. The summed E-state index contributed by atoms with van der Waals surface area (Å²) in [5, 5.41) is 33.6. The van der Waals surface area contributed by atoms with E-state index in [-0.39, 0.29) is 12.5 Å². The molecule has 0 rings (SSSR count). The Balaban J connectivity index is 3.42. The van der Waals surface area contributed by atoms with Crippen molar-refractivity contribution in [1.29, 1.82) is 0 Å². The second kappa shape index (κ2) is 51.0. The molecular formula is C55H111NO4. The van der Waals surface area contributed by atoms with Gasteiger partial charge < -0.3 is 20.6 Å². The van der Waals surface area contributed by atoms with Gasteiger partial charge in [-0.15, -0.1) is 0 Å². The first kappa shape index (κ1) is 59.4. The fourth-order valence-electron chi connectivity index (χ4n) is 9.17. The molecule has 0 aliphatic rings. The van der Waals surface area contributed by atoms with Crippen LogP contribution in [0.25, 0.3) is 0 Å². The van der Waals surface area contributed by atoms with E-state index in [1.165, 1.54) is 263 Å². The van der Waals surface area contributed by atoms with Crippen molar-refractivity contribution in [2.75, 3.05) is 6.61 Å². The van der Waals surface area contributed by atoms with Gasteiger partial charge in [0, 0.05) is 6.42 Å². The predicted molar refractivity (Wildman–Crippen MR) is 264 cm³/mol. The van der Waals surface area contributed by atoms with Crippen LogP contribution in [0.5, 0.6) is 0 Å². The molecule has 60 heavy (non-hydrogen) atoms. The van der Waals surface area contributed by atoms with Crippen LogP contribution < -0.4 is 5.32 Å². The fraction of sp³-hybridized carbons (Fsp3) is 0.982. The van der Waals surface area contributed by atoms with Gasteiger partial charge in [0.15, 0.2) is 0 Å². The normalized spacial score (nSPS) is 13.2. The molecule has 0 aromatic carbocycles. The molecule has 0 aliphatic heterocycles. The number of carbonyl (C=O) groups is 1. The topological polar surface area (TPSA) is 89.8 Å². The molecule has 0 aromatic heterocycles. The van der Waals surface area contributed by atoms with Crippen molar-refractivity contribution in [2.24, 2.45) is 0 Å². The number of hydrogen-bond acceptors (Lipinski definition) is 4. The summed E-state index contributed by atoms with van der Waals surface area (Å²) in [5.41, 5.74) is 0. The van der Waals surface area contributed by atoms with E-state index in [0.29, 0.717) is 12.8 Å². The van der Waals surface area contributed by atoms with E-state index in [2.05, 4.69) is 19.2 Å². The molecule has 0 radical (unpaired) electrons. The molecular weight excluding hydrogens is 739 g/mol. The second-order valence-corrected chi connectivity index (χ2v) is 19.5. The van der Waals surface area contributed by atoms with Crippen LogP contribution in [0.1, 0.15) is 322 Å². The standard InChI is InChI=1S/C55H111NO4/c1-3-5-7-9-11-13-15-17-18-19-20-21-22-23-24-25-26-27-28-29-30-31-32-33-34-35-36-38-40-42-44-46-48-50-54(59)56-52(51-57)55(60)53(58)49-47-45-43-41-39-37-16-14-12-10-8-6-4-2/h52-53,55,57-58,60H,3-51H2,1-2H3,(H,56,59)/t52-,53+,55-/m0/s1. The SMILES string of the molecule is CCCCCCCCCCCCCCCCCCCCCCCCCCCCCCCCCCCC(=O)N[C@@H](CO)[C@H](O)[C@H](O)CCCCCCCCCCCCCCC. The van der Waals surface area contributed by atoms with E-state index in [0.717, 1.165) is 32.1 Å². The lowest BCUT2D eigenvalue weighted by atomic mass is 9.99. The highest BCUT2D eigenvalue weighted by atomic mass is 16.3. The number of rotatable bonds is 52. The zero-order chi connectivity index (χ0) is 43.7. The highest BCUT2D eigenvalue weighted by molar-refractivity contribution is 5.76. The van der Waals surface area contributed by atoms with Crippen LogP contribution in [-0.2, 0) is 4.79 Å². The summed E-state index contributed by atoms with van der Waals surface area (Å²) < 4.78 is 0. The van der Waals surface area contributed by atoms with Crippen molar-refractivity contribution in [1.82, 2.24) is 5.32 Å². The van der Waals surface area contributed by atoms with E-state index < -0.39 is 18.2 Å². The van der Waals surface area contributed by atoms with E-state index >= 15 is 0 Å². The monoisotopic (exact) mass is 850 g/mol. The summed E-state index contributed by atoms with van der Waals surface area (Å²) in [7, 11) is 0. The van der Waals surface area contributed by atoms with Crippen LogP contribution in [0.2, 0.25) is 0 Å². The lowest BCUT2D eigenvalue weighted by Crippen LogP contribution is -2.50. The first-order valence-electron chi connectivity index (χ1n) is 27.8. The zero-order valence-electron chi connectivity index (χ0n) is 41.1. The Kier molecular flexibility index (Phi) is 50.4. The van der Waals surface area contributed by atoms with Crippen LogP contribution in [-0.4, -0.2) is 46.1 Å². The second-order valence-electron chi connectivity index (χ2n) is 19.5. The molecule has 0 heterocycles. The molecule has 4 N–H and O–H groups in total. The van der Waals surface area contributed by atoms with E-state index in [9.17, 15) is 20.1 Å². The Labute approximate surface area is 377 Å². The van der Waals surface area contributed by atoms with Gasteiger partial charge in [-0.25, -0.2) is 0 Å². The Bertz CT molecular complexity index is 807. The van der Waals surface area contributed by atoms with Crippen LogP contribution in [0.3, 0.4) is 0 Å². The quantitative estimate of drug-likeness (QED) is 0.0459. The largest absolute Gasteiger partial charge is 0.394 e. The molecule has 0 aliphatic carbocycles. The van der Waals surface area contributed by atoms with Crippen LogP contribution in [0, 0.1) is 0 Å². The maximum atomic E-state index is 12.5. The lowest BCUT2D eigenvalue weighted by molar-refractivity contribution is -0.124. The number of nitrogens with one attached hydrogen (secondary N) is 1. The van der Waals surface area contributed by atoms with Gasteiger partial charge in [-0.05, 0) is 12.8 Å². The molecule has 0 unspecified atom stereocenters. The highest BCUT2D eigenvalue weighted by Crippen LogP contribution is 2.19. The van der Waals surface area contributed by atoms with Crippen molar-refractivity contribution < 1.29 is 20.1 Å². The molecule has 3 atom stereocenters. The summed E-state index contributed by atoms with van der Waals surface area (Å²) in [5.74, 6) is -0.137. The third kappa shape index (κ3) is 45.4. The number of unbranched alkanes of at least 4 members (excludes halogenated alkanes) is 44. The van der Waals surface area contributed by atoms with Gasteiger partial charge in [0.25, 0.3) is 0 Å². The Morgan fingerprint density at radius 3 is 0.800 bits per heavy atom. The number of carbonyl (C=O) groups excluding carboxylic acids is 1. The van der Waals surface area contributed by atoms with Gasteiger partial charge in [0.1, 0.15) is 6.10 Å². The Morgan fingerprint density at radius 1 is 0.350 bits per heavy atom. The third-order valence-electron chi connectivity index (χ3n) is 13.5. The smallest absolute Gasteiger partial charge is 0.220 e. The average Bonchev–Trinajstić information content (AvgIpc) is 3.25. The van der Waals surface area contributed by atoms with Crippen molar-refractivity contribution in [2.45, 2.75) is 340 Å². The van der Waals surface area contributed by atoms with E-state index in [1.807, 2.05) is 0 Å². The molecule has 0 aromatic rings. The number of aliphatic hydroxyl groups excluding tert-OH is 3. The van der Waals surface area contributed by atoms with Gasteiger partial charge in [0.2, 0.25) is 5.91 Å². The first-order chi connectivity index (χ1) is 29.6. The number of aliphatic hydroxyl groups is 3. The average molecular weight is 850 g/mol. The molecule has 0 saturated carbocycles. The number of hydrogen-bond donors (Lipinski definition) is 4. The first-order valence-corrected chi connectivity index (χ1v) is 27.8. The summed E-state index contributed by atoms with van der Waals surface area (Å²) >= 11 is 0. The van der Waals surface area contributed by atoms with E-state index in [4.69, 9.17) is 0 Å². The Morgan fingerprint density at radius 2 is 0.567 bits per heavy atom.